The van der Waals surface area contributed by atoms with Crippen molar-refractivity contribution in [3.8, 4) is 11.3 Å². The van der Waals surface area contributed by atoms with E-state index in [9.17, 15) is 0 Å². The van der Waals surface area contributed by atoms with E-state index in [4.69, 9.17) is 5.73 Å². The summed E-state index contributed by atoms with van der Waals surface area (Å²) in [6.45, 7) is 3.05. The topological polar surface area (TPSA) is 56.7 Å². The molecular weight excluding hydrogens is 224 g/mol. The highest BCUT2D eigenvalue weighted by Crippen LogP contribution is 2.32. The Morgan fingerprint density at radius 2 is 2.33 bits per heavy atom. The summed E-state index contributed by atoms with van der Waals surface area (Å²) in [6, 6.07) is 6.75. The fraction of sp³-hybridized carbons (Fsp3) is 0.429. The molecule has 1 heterocycles. The van der Waals surface area contributed by atoms with Crippen LogP contribution in [0.2, 0.25) is 0 Å². The molecule has 18 heavy (non-hydrogen) atoms. The lowest BCUT2D eigenvalue weighted by molar-refractivity contribution is 0.584. The van der Waals surface area contributed by atoms with Gasteiger partial charge in [0.25, 0.3) is 0 Å². The molecule has 0 radical (unpaired) electrons. The van der Waals surface area contributed by atoms with Crippen LogP contribution in [0.3, 0.4) is 0 Å². The molecule has 1 aliphatic rings. The molecule has 0 amide bonds. The third-order valence-electron chi connectivity index (χ3n) is 3.62. The van der Waals surface area contributed by atoms with Gasteiger partial charge in [-0.2, -0.15) is 0 Å². The molecule has 1 atom stereocenters. The average Bonchev–Trinajstić information content (AvgIpc) is 2.97. The standard InChI is InChI=1S/C14H18N4/c1-2-7-18-14(9-16-17-18)11-3-5-12-10(8-11)4-6-13(12)15/h3,5,8-9,13H,2,4,6-7,15H2,1H3. The monoisotopic (exact) mass is 242 g/mol. The van der Waals surface area contributed by atoms with Crippen LogP contribution in [0.1, 0.15) is 36.9 Å². The molecule has 4 heteroatoms. The third kappa shape index (κ3) is 1.82. The predicted octanol–water partition coefficient (Wildman–Crippen LogP) is 2.30. The molecule has 0 saturated carbocycles. The summed E-state index contributed by atoms with van der Waals surface area (Å²) in [4.78, 5) is 0. The molecule has 0 spiro atoms. The van der Waals surface area contributed by atoms with E-state index < -0.39 is 0 Å². The molecular formula is C14H18N4. The zero-order chi connectivity index (χ0) is 12.5. The number of nitrogens with zero attached hydrogens (tertiary/aromatic N) is 3. The molecule has 1 unspecified atom stereocenters. The number of hydrogen-bond acceptors (Lipinski definition) is 3. The Morgan fingerprint density at radius 1 is 1.44 bits per heavy atom. The molecule has 0 saturated heterocycles. The Bertz CT molecular complexity index is 559. The SMILES string of the molecule is CCCn1nncc1-c1ccc2c(c1)CCC2N. The van der Waals surface area contributed by atoms with Crippen molar-refractivity contribution in [1.29, 1.82) is 0 Å². The van der Waals surface area contributed by atoms with Crippen molar-refractivity contribution in [2.45, 2.75) is 38.8 Å². The van der Waals surface area contributed by atoms with Crippen molar-refractivity contribution >= 4 is 0 Å². The van der Waals surface area contributed by atoms with Gasteiger partial charge in [0.2, 0.25) is 0 Å². The molecule has 4 nitrogen and oxygen atoms in total. The quantitative estimate of drug-likeness (QED) is 0.898. The lowest BCUT2D eigenvalue weighted by atomic mass is 10.0. The van der Waals surface area contributed by atoms with Crippen molar-refractivity contribution < 1.29 is 0 Å². The van der Waals surface area contributed by atoms with Crippen molar-refractivity contribution in [3.05, 3.63) is 35.5 Å². The minimum Gasteiger partial charge on any atom is -0.324 e. The molecule has 1 aliphatic carbocycles. The van der Waals surface area contributed by atoms with Crippen LogP contribution in [0.5, 0.6) is 0 Å². The van der Waals surface area contributed by atoms with Gasteiger partial charge in [0.05, 0.1) is 11.9 Å². The second kappa shape index (κ2) is 4.53. The minimum atomic E-state index is 0.215. The molecule has 0 bridgehead atoms. The Balaban J connectivity index is 2.00. The molecule has 0 aliphatic heterocycles. The number of nitrogens with two attached hydrogens (primary N) is 1. The highest BCUT2D eigenvalue weighted by atomic mass is 15.4. The third-order valence-corrected chi connectivity index (χ3v) is 3.62. The minimum absolute atomic E-state index is 0.215. The summed E-state index contributed by atoms with van der Waals surface area (Å²) in [6.07, 6.45) is 5.05. The Labute approximate surface area is 107 Å². The van der Waals surface area contributed by atoms with Gasteiger partial charge in [-0.3, -0.25) is 0 Å². The molecule has 2 N–H and O–H groups in total. The summed E-state index contributed by atoms with van der Waals surface area (Å²) >= 11 is 0. The number of hydrogen-bond donors (Lipinski definition) is 1. The Morgan fingerprint density at radius 3 is 3.17 bits per heavy atom. The van der Waals surface area contributed by atoms with E-state index in [1.54, 1.807) is 0 Å². The first-order valence-electron chi connectivity index (χ1n) is 6.57. The van der Waals surface area contributed by atoms with Crippen molar-refractivity contribution in [2.24, 2.45) is 5.73 Å². The normalized spacial score (nSPS) is 18.0. The highest BCUT2D eigenvalue weighted by molar-refractivity contribution is 5.61. The molecule has 0 fully saturated rings. The lowest BCUT2D eigenvalue weighted by Crippen LogP contribution is -2.05. The first kappa shape index (κ1) is 11.4. The smallest absolute Gasteiger partial charge is 0.0885 e. The van der Waals surface area contributed by atoms with Crippen LogP contribution >= 0.6 is 0 Å². The second-order valence-electron chi connectivity index (χ2n) is 4.90. The van der Waals surface area contributed by atoms with Crippen molar-refractivity contribution in [3.63, 3.8) is 0 Å². The number of rotatable bonds is 3. The summed E-state index contributed by atoms with van der Waals surface area (Å²) in [5, 5.41) is 8.15. The van der Waals surface area contributed by atoms with Gasteiger partial charge >= 0.3 is 0 Å². The van der Waals surface area contributed by atoms with Crippen molar-refractivity contribution in [1.82, 2.24) is 15.0 Å². The van der Waals surface area contributed by atoms with E-state index >= 15 is 0 Å². The van der Waals surface area contributed by atoms with Crippen LogP contribution in [-0.2, 0) is 13.0 Å². The Hall–Kier alpha value is -1.68. The van der Waals surface area contributed by atoms with Gasteiger partial charge in [-0.15, -0.1) is 5.10 Å². The molecule has 3 rings (SSSR count). The summed E-state index contributed by atoms with van der Waals surface area (Å²) in [5.41, 5.74) is 11.0. The van der Waals surface area contributed by atoms with E-state index in [0.29, 0.717) is 0 Å². The van der Waals surface area contributed by atoms with Crippen LogP contribution in [0.25, 0.3) is 11.3 Å². The van der Waals surface area contributed by atoms with Crippen LogP contribution in [-0.4, -0.2) is 15.0 Å². The summed E-state index contributed by atoms with van der Waals surface area (Å²) < 4.78 is 1.97. The second-order valence-corrected chi connectivity index (χ2v) is 4.90. The molecule has 1 aromatic heterocycles. The van der Waals surface area contributed by atoms with Gasteiger partial charge in [-0.1, -0.05) is 24.3 Å². The van der Waals surface area contributed by atoms with Crippen LogP contribution in [0, 0.1) is 0 Å². The fourth-order valence-corrected chi connectivity index (χ4v) is 2.67. The van der Waals surface area contributed by atoms with E-state index in [2.05, 4.69) is 35.4 Å². The van der Waals surface area contributed by atoms with Crippen LogP contribution in [0.15, 0.2) is 24.4 Å². The largest absolute Gasteiger partial charge is 0.324 e. The maximum atomic E-state index is 6.06. The fourth-order valence-electron chi connectivity index (χ4n) is 2.67. The van der Waals surface area contributed by atoms with Gasteiger partial charge in [0.1, 0.15) is 0 Å². The predicted molar refractivity (Wildman–Crippen MR) is 71.0 cm³/mol. The highest BCUT2D eigenvalue weighted by Gasteiger charge is 2.19. The lowest BCUT2D eigenvalue weighted by Gasteiger charge is -2.08. The summed E-state index contributed by atoms with van der Waals surface area (Å²) in [5.74, 6) is 0. The van der Waals surface area contributed by atoms with Gasteiger partial charge < -0.3 is 5.73 Å². The zero-order valence-electron chi connectivity index (χ0n) is 10.6. The number of aromatic nitrogens is 3. The molecule has 94 valence electrons. The summed E-state index contributed by atoms with van der Waals surface area (Å²) in [7, 11) is 0. The molecule has 1 aromatic carbocycles. The number of fused-ring (bicyclic) bond motifs is 1. The number of benzene rings is 1. The average molecular weight is 242 g/mol. The Kier molecular flexibility index (Phi) is 2.88. The van der Waals surface area contributed by atoms with Gasteiger partial charge in [0, 0.05) is 18.2 Å². The van der Waals surface area contributed by atoms with Gasteiger partial charge in [-0.05, 0) is 36.5 Å². The maximum Gasteiger partial charge on any atom is 0.0885 e. The van der Waals surface area contributed by atoms with Gasteiger partial charge in [0.15, 0.2) is 0 Å². The van der Waals surface area contributed by atoms with E-state index in [-0.39, 0.29) is 6.04 Å². The van der Waals surface area contributed by atoms with Crippen LogP contribution < -0.4 is 5.73 Å². The van der Waals surface area contributed by atoms with E-state index in [0.717, 1.165) is 31.5 Å². The first-order valence-corrected chi connectivity index (χ1v) is 6.57. The molecule has 2 aromatic rings. The number of aryl methyl sites for hydroxylation is 2. The maximum absolute atomic E-state index is 6.06. The van der Waals surface area contributed by atoms with Crippen molar-refractivity contribution in [2.75, 3.05) is 0 Å². The van der Waals surface area contributed by atoms with Gasteiger partial charge in [-0.25, -0.2) is 4.68 Å². The van der Waals surface area contributed by atoms with E-state index in [1.807, 2.05) is 10.9 Å². The zero-order valence-corrected chi connectivity index (χ0v) is 10.6. The van der Waals surface area contributed by atoms with E-state index in [1.165, 1.54) is 16.7 Å². The van der Waals surface area contributed by atoms with Crippen LogP contribution in [0.4, 0.5) is 0 Å². The first-order chi connectivity index (χ1) is 8.79.